The molecule has 2 amide bonds. The molecular weight excluding hydrogens is 294 g/mol. The molecule has 3 rings (SSSR count). The first-order valence-corrected chi connectivity index (χ1v) is 8.14. The van der Waals surface area contributed by atoms with Crippen LogP contribution in [0.4, 0.5) is 10.5 Å². The standard InChI is InChI=1S/C17H23N3O3/c1-14-3-2-4-15(13-14)18-7-9-19(10-8-18)16(21)5-6-20-11-12-23-17(20)22/h2-4,13H,5-12H2,1H3. The number of benzene rings is 1. The molecule has 2 saturated heterocycles. The molecule has 0 atom stereocenters. The molecule has 0 bridgehead atoms. The highest BCUT2D eigenvalue weighted by Crippen LogP contribution is 2.18. The van der Waals surface area contributed by atoms with Gasteiger partial charge in [-0.3, -0.25) is 4.79 Å². The minimum atomic E-state index is -0.304. The summed E-state index contributed by atoms with van der Waals surface area (Å²) in [6, 6.07) is 8.45. The van der Waals surface area contributed by atoms with Crippen molar-refractivity contribution in [1.29, 1.82) is 0 Å². The van der Waals surface area contributed by atoms with Crippen molar-refractivity contribution in [2.75, 3.05) is 50.8 Å². The summed E-state index contributed by atoms with van der Waals surface area (Å²) in [6.07, 6.45) is 0.0709. The minimum Gasteiger partial charge on any atom is -0.448 e. The zero-order valence-electron chi connectivity index (χ0n) is 13.5. The summed E-state index contributed by atoms with van der Waals surface area (Å²) < 4.78 is 4.87. The number of piperazine rings is 1. The fourth-order valence-corrected chi connectivity index (χ4v) is 3.06. The third-order valence-electron chi connectivity index (χ3n) is 4.44. The molecule has 0 saturated carbocycles. The summed E-state index contributed by atoms with van der Waals surface area (Å²) in [5.74, 6) is 0.119. The van der Waals surface area contributed by atoms with Gasteiger partial charge in [0, 0.05) is 44.8 Å². The molecule has 1 aromatic carbocycles. The third kappa shape index (κ3) is 3.75. The van der Waals surface area contributed by atoms with Crippen LogP contribution in [-0.2, 0) is 9.53 Å². The van der Waals surface area contributed by atoms with Crippen LogP contribution in [0, 0.1) is 6.92 Å². The maximum Gasteiger partial charge on any atom is 0.409 e. The fraction of sp³-hybridized carbons (Fsp3) is 0.529. The Morgan fingerprint density at radius 3 is 2.61 bits per heavy atom. The maximum atomic E-state index is 12.3. The van der Waals surface area contributed by atoms with E-state index in [9.17, 15) is 9.59 Å². The van der Waals surface area contributed by atoms with E-state index in [2.05, 4.69) is 36.1 Å². The topological polar surface area (TPSA) is 53.1 Å². The molecule has 0 aliphatic carbocycles. The van der Waals surface area contributed by atoms with Crippen LogP contribution < -0.4 is 4.90 Å². The average molecular weight is 317 g/mol. The van der Waals surface area contributed by atoms with Gasteiger partial charge in [-0.1, -0.05) is 12.1 Å². The average Bonchev–Trinajstić information content (AvgIpc) is 2.98. The number of rotatable bonds is 4. The first kappa shape index (κ1) is 15.6. The van der Waals surface area contributed by atoms with Gasteiger partial charge < -0.3 is 19.4 Å². The monoisotopic (exact) mass is 317 g/mol. The van der Waals surface area contributed by atoms with Crippen molar-refractivity contribution in [3.8, 4) is 0 Å². The van der Waals surface area contributed by atoms with Crippen molar-refractivity contribution in [2.45, 2.75) is 13.3 Å². The van der Waals surface area contributed by atoms with E-state index in [1.165, 1.54) is 11.3 Å². The Morgan fingerprint density at radius 1 is 1.17 bits per heavy atom. The molecule has 0 unspecified atom stereocenters. The second-order valence-electron chi connectivity index (χ2n) is 6.06. The lowest BCUT2D eigenvalue weighted by molar-refractivity contribution is -0.131. The van der Waals surface area contributed by atoms with Crippen molar-refractivity contribution in [3.05, 3.63) is 29.8 Å². The molecule has 0 N–H and O–H groups in total. The van der Waals surface area contributed by atoms with Crippen molar-refractivity contribution in [2.24, 2.45) is 0 Å². The Labute approximate surface area is 136 Å². The predicted octanol–water partition coefficient (Wildman–Crippen LogP) is 1.49. The molecule has 6 nitrogen and oxygen atoms in total. The summed E-state index contributed by atoms with van der Waals surface area (Å²) in [5, 5.41) is 0. The van der Waals surface area contributed by atoms with Crippen LogP contribution in [0.3, 0.4) is 0 Å². The van der Waals surface area contributed by atoms with Crippen molar-refractivity contribution in [1.82, 2.24) is 9.80 Å². The van der Waals surface area contributed by atoms with Crippen LogP contribution in [0.5, 0.6) is 0 Å². The largest absolute Gasteiger partial charge is 0.448 e. The van der Waals surface area contributed by atoms with Gasteiger partial charge in [0.05, 0.1) is 6.54 Å². The van der Waals surface area contributed by atoms with Gasteiger partial charge in [-0.2, -0.15) is 0 Å². The van der Waals surface area contributed by atoms with Gasteiger partial charge in [-0.25, -0.2) is 4.79 Å². The molecule has 124 valence electrons. The van der Waals surface area contributed by atoms with E-state index in [0.29, 0.717) is 26.1 Å². The molecule has 0 radical (unpaired) electrons. The summed E-state index contributed by atoms with van der Waals surface area (Å²) in [6.45, 7) is 6.73. The van der Waals surface area contributed by atoms with Gasteiger partial charge in [0.1, 0.15) is 6.61 Å². The van der Waals surface area contributed by atoms with Crippen LogP contribution >= 0.6 is 0 Å². The Bertz CT molecular complexity index is 582. The highest BCUT2D eigenvalue weighted by atomic mass is 16.6. The molecule has 6 heteroatoms. The van der Waals surface area contributed by atoms with Gasteiger partial charge in [-0.05, 0) is 24.6 Å². The Morgan fingerprint density at radius 2 is 1.96 bits per heavy atom. The Hall–Kier alpha value is -2.24. The number of ether oxygens (including phenoxy) is 1. The van der Waals surface area contributed by atoms with E-state index in [1.807, 2.05) is 4.90 Å². The molecule has 1 aromatic rings. The number of cyclic esters (lactones) is 1. The lowest BCUT2D eigenvalue weighted by atomic mass is 10.2. The van der Waals surface area contributed by atoms with E-state index in [1.54, 1.807) is 4.90 Å². The lowest BCUT2D eigenvalue weighted by Gasteiger charge is -2.36. The van der Waals surface area contributed by atoms with E-state index >= 15 is 0 Å². The van der Waals surface area contributed by atoms with Gasteiger partial charge in [-0.15, -0.1) is 0 Å². The van der Waals surface area contributed by atoms with Crippen LogP contribution in [-0.4, -0.2) is 67.7 Å². The van der Waals surface area contributed by atoms with Gasteiger partial charge in [0.25, 0.3) is 0 Å². The van der Waals surface area contributed by atoms with Gasteiger partial charge in [0.2, 0.25) is 5.91 Å². The number of carbonyl (C=O) groups excluding carboxylic acids is 2. The second-order valence-corrected chi connectivity index (χ2v) is 6.06. The fourth-order valence-electron chi connectivity index (χ4n) is 3.06. The van der Waals surface area contributed by atoms with Gasteiger partial charge >= 0.3 is 6.09 Å². The highest BCUT2D eigenvalue weighted by Gasteiger charge is 2.25. The maximum absolute atomic E-state index is 12.3. The van der Waals surface area contributed by atoms with Crippen LogP contribution in [0.15, 0.2) is 24.3 Å². The summed E-state index contributed by atoms with van der Waals surface area (Å²) in [5.41, 5.74) is 2.47. The summed E-state index contributed by atoms with van der Waals surface area (Å²) >= 11 is 0. The highest BCUT2D eigenvalue weighted by molar-refractivity contribution is 5.77. The van der Waals surface area contributed by atoms with Crippen LogP contribution in [0.25, 0.3) is 0 Å². The Kier molecular flexibility index (Phi) is 4.69. The molecule has 2 aliphatic heterocycles. The SMILES string of the molecule is Cc1cccc(N2CCN(C(=O)CCN3CCOC3=O)CC2)c1. The van der Waals surface area contributed by atoms with E-state index in [4.69, 9.17) is 4.74 Å². The molecule has 2 aliphatic rings. The minimum absolute atomic E-state index is 0.119. The van der Waals surface area contributed by atoms with E-state index in [0.717, 1.165) is 26.2 Å². The van der Waals surface area contributed by atoms with E-state index < -0.39 is 0 Å². The van der Waals surface area contributed by atoms with Crippen LogP contribution in [0.2, 0.25) is 0 Å². The number of amides is 2. The molecule has 23 heavy (non-hydrogen) atoms. The quantitative estimate of drug-likeness (QED) is 0.844. The first-order valence-electron chi connectivity index (χ1n) is 8.14. The van der Waals surface area contributed by atoms with Gasteiger partial charge in [0.15, 0.2) is 0 Å². The summed E-state index contributed by atoms with van der Waals surface area (Å²) in [7, 11) is 0. The van der Waals surface area contributed by atoms with Crippen molar-refractivity contribution >= 4 is 17.7 Å². The molecule has 0 spiro atoms. The number of aryl methyl sites for hydroxylation is 1. The number of hydrogen-bond donors (Lipinski definition) is 0. The molecule has 2 heterocycles. The van der Waals surface area contributed by atoms with Crippen molar-refractivity contribution < 1.29 is 14.3 Å². The zero-order valence-corrected chi connectivity index (χ0v) is 13.5. The number of hydrogen-bond acceptors (Lipinski definition) is 4. The summed E-state index contributed by atoms with van der Waals surface area (Å²) in [4.78, 5) is 29.5. The van der Waals surface area contributed by atoms with Crippen LogP contribution in [0.1, 0.15) is 12.0 Å². The smallest absolute Gasteiger partial charge is 0.409 e. The van der Waals surface area contributed by atoms with E-state index in [-0.39, 0.29) is 12.0 Å². The zero-order chi connectivity index (χ0) is 16.2. The second kappa shape index (κ2) is 6.89. The normalized spacial score (nSPS) is 18.3. The molecule has 0 aromatic heterocycles. The lowest BCUT2D eigenvalue weighted by Crippen LogP contribution is -2.49. The third-order valence-corrected chi connectivity index (χ3v) is 4.44. The predicted molar refractivity (Wildman–Crippen MR) is 87.5 cm³/mol. The first-order chi connectivity index (χ1) is 11.1. The van der Waals surface area contributed by atoms with Crippen molar-refractivity contribution in [3.63, 3.8) is 0 Å². The number of carbonyl (C=O) groups is 2. The number of nitrogens with zero attached hydrogens (tertiary/aromatic N) is 3. The number of anilines is 1. The Balaban J connectivity index is 1.46. The molecular formula is C17H23N3O3. The molecule has 2 fully saturated rings.